The van der Waals surface area contributed by atoms with E-state index in [1.807, 2.05) is 6.92 Å². The second-order valence-corrected chi connectivity index (χ2v) is 6.49. The van der Waals surface area contributed by atoms with Crippen LogP contribution in [-0.2, 0) is 10.0 Å². The molecule has 0 aromatic carbocycles. The number of rotatable bonds is 4. The molecule has 0 spiro atoms. The zero-order chi connectivity index (χ0) is 13.2. The van der Waals surface area contributed by atoms with Crippen LogP contribution in [-0.4, -0.2) is 39.2 Å². The van der Waals surface area contributed by atoms with E-state index < -0.39 is 10.0 Å². The molecule has 0 atom stereocenters. The lowest BCUT2D eigenvalue weighted by Gasteiger charge is -2.11. The summed E-state index contributed by atoms with van der Waals surface area (Å²) in [7, 11) is -1.94. The second-order valence-electron chi connectivity index (χ2n) is 3.50. The zero-order valence-electron chi connectivity index (χ0n) is 10.1. The smallest absolute Gasteiger partial charge is 0.263 e. The van der Waals surface area contributed by atoms with Crippen molar-refractivity contribution in [2.75, 3.05) is 24.2 Å². The van der Waals surface area contributed by atoms with Gasteiger partial charge in [0, 0.05) is 13.6 Å². The molecule has 0 aliphatic carbocycles. The van der Waals surface area contributed by atoms with Gasteiger partial charge >= 0.3 is 0 Å². The molecule has 0 saturated heterocycles. The van der Waals surface area contributed by atoms with Gasteiger partial charge in [0.05, 0.1) is 11.9 Å². The summed E-state index contributed by atoms with van der Waals surface area (Å²) in [5.74, 6) is -0.226. The Morgan fingerprint density at radius 2 is 2.12 bits per heavy atom. The minimum absolute atomic E-state index is 0.226. The van der Waals surface area contributed by atoms with Crippen molar-refractivity contribution in [3.05, 3.63) is 10.6 Å². The number of hydrogen-bond donors (Lipinski definition) is 1. The number of aryl methyl sites for hydroxylation is 1. The van der Waals surface area contributed by atoms with Crippen LogP contribution in [0.4, 0.5) is 5.13 Å². The Labute approximate surface area is 105 Å². The lowest BCUT2D eigenvalue weighted by Crippen LogP contribution is -2.24. The van der Waals surface area contributed by atoms with Crippen molar-refractivity contribution in [3.8, 4) is 0 Å². The molecule has 1 heterocycles. The van der Waals surface area contributed by atoms with Crippen molar-refractivity contribution in [2.24, 2.45) is 0 Å². The molecule has 1 amide bonds. The summed E-state index contributed by atoms with van der Waals surface area (Å²) < 4.78 is 23.7. The first-order valence-electron chi connectivity index (χ1n) is 4.97. The molecule has 1 N–H and O–H groups in total. The molecule has 0 aliphatic heterocycles. The molecule has 0 saturated carbocycles. The first-order chi connectivity index (χ1) is 7.77. The normalized spacial score (nSPS) is 11.3. The molecule has 8 heteroatoms. The molecule has 0 fully saturated rings. The van der Waals surface area contributed by atoms with Crippen LogP contribution in [0, 0.1) is 6.92 Å². The average Bonchev–Trinajstić information content (AvgIpc) is 2.58. The lowest BCUT2D eigenvalue weighted by molar-refractivity contribution is 0.0959. The Balaban J connectivity index is 3.08. The van der Waals surface area contributed by atoms with Gasteiger partial charge in [0.2, 0.25) is 10.0 Å². The molecular weight excluding hydrogens is 262 g/mol. The van der Waals surface area contributed by atoms with E-state index in [0.29, 0.717) is 22.2 Å². The maximum atomic E-state index is 11.6. The highest BCUT2D eigenvalue weighted by atomic mass is 32.2. The Bertz CT molecular complexity index is 522. The topological polar surface area (TPSA) is 79.4 Å². The minimum Gasteiger partial charge on any atom is -0.352 e. The molecular formula is C9H15N3O3S2. The van der Waals surface area contributed by atoms with Crippen LogP contribution in [0.3, 0.4) is 0 Å². The summed E-state index contributed by atoms with van der Waals surface area (Å²) >= 11 is 1.07. The summed E-state index contributed by atoms with van der Waals surface area (Å²) in [6.45, 7) is 4.02. The number of hydrogen-bond acceptors (Lipinski definition) is 5. The fraction of sp³-hybridized carbons (Fsp3) is 0.556. The molecule has 6 nitrogen and oxygen atoms in total. The average molecular weight is 277 g/mol. The van der Waals surface area contributed by atoms with Crippen LogP contribution in [0.15, 0.2) is 0 Å². The molecule has 0 bridgehead atoms. The number of nitrogens with zero attached hydrogens (tertiary/aromatic N) is 2. The molecule has 0 unspecified atom stereocenters. The molecule has 1 rings (SSSR count). The van der Waals surface area contributed by atoms with Gasteiger partial charge in [0.15, 0.2) is 5.13 Å². The molecule has 96 valence electrons. The third kappa shape index (κ3) is 3.16. The van der Waals surface area contributed by atoms with Gasteiger partial charge < -0.3 is 5.32 Å². The SMILES string of the molecule is CCNC(=O)c1sc(N(C)S(C)(=O)=O)nc1C. The van der Waals surface area contributed by atoms with E-state index >= 15 is 0 Å². The fourth-order valence-electron chi connectivity index (χ4n) is 1.11. The van der Waals surface area contributed by atoms with Crippen LogP contribution >= 0.6 is 11.3 Å². The van der Waals surface area contributed by atoms with Crippen molar-refractivity contribution < 1.29 is 13.2 Å². The molecule has 17 heavy (non-hydrogen) atoms. The summed E-state index contributed by atoms with van der Waals surface area (Å²) in [6, 6.07) is 0. The number of amides is 1. The molecule has 1 aromatic heterocycles. The maximum Gasteiger partial charge on any atom is 0.263 e. The van der Waals surface area contributed by atoms with E-state index in [2.05, 4.69) is 10.3 Å². The highest BCUT2D eigenvalue weighted by Crippen LogP contribution is 2.26. The van der Waals surface area contributed by atoms with Crippen molar-refractivity contribution in [1.82, 2.24) is 10.3 Å². The monoisotopic (exact) mass is 277 g/mol. The number of carbonyl (C=O) groups excluding carboxylic acids is 1. The van der Waals surface area contributed by atoms with Crippen molar-refractivity contribution >= 4 is 32.4 Å². The quantitative estimate of drug-likeness (QED) is 0.874. The zero-order valence-corrected chi connectivity index (χ0v) is 11.8. The van der Waals surface area contributed by atoms with Gasteiger partial charge in [-0.15, -0.1) is 0 Å². The van der Waals surface area contributed by atoms with Gasteiger partial charge in [-0.05, 0) is 13.8 Å². The third-order valence-corrected chi connectivity index (χ3v) is 4.61. The minimum atomic E-state index is -3.35. The number of nitrogens with one attached hydrogen (secondary N) is 1. The van der Waals surface area contributed by atoms with E-state index in [4.69, 9.17) is 0 Å². The largest absolute Gasteiger partial charge is 0.352 e. The Morgan fingerprint density at radius 1 is 1.53 bits per heavy atom. The number of carbonyl (C=O) groups is 1. The van der Waals surface area contributed by atoms with E-state index in [9.17, 15) is 13.2 Å². The van der Waals surface area contributed by atoms with Crippen LogP contribution in [0.25, 0.3) is 0 Å². The number of sulfonamides is 1. The summed E-state index contributed by atoms with van der Waals surface area (Å²) in [5.41, 5.74) is 0.534. The predicted molar refractivity (Wildman–Crippen MR) is 68.1 cm³/mol. The van der Waals surface area contributed by atoms with Crippen LogP contribution in [0.1, 0.15) is 22.3 Å². The van der Waals surface area contributed by atoms with Gasteiger partial charge in [-0.2, -0.15) is 0 Å². The van der Waals surface area contributed by atoms with Crippen molar-refractivity contribution in [1.29, 1.82) is 0 Å². The van der Waals surface area contributed by atoms with Gasteiger partial charge in [-0.25, -0.2) is 17.7 Å². The predicted octanol–water partition coefficient (Wildman–Crippen LogP) is 0.597. The number of thiazole rings is 1. The first kappa shape index (κ1) is 13.9. The summed E-state index contributed by atoms with van der Waals surface area (Å²) in [6.07, 6.45) is 1.09. The standard InChI is InChI=1S/C9H15N3O3S2/c1-5-10-8(13)7-6(2)11-9(16-7)12(3)17(4,14)15/h5H2,1-4H3,(H,10,13). The van der Waals surface area contributed by atoms with E-state index in [1.165, 1.54) is 7.05 Å². The molecule has 0 radical (unpaired) electrons. The highest BCUT2D eigenvalue weighted by Gasteiger charge is 2.20. The Kier molecular flexibility index (Phi) is 4.10. The van der Waals surface area contributed by atoms with E-state index in [1.54, 1.807) is 6.92 Å². The highest BCUT2D eigenvalue weighted by molar-refractivity contribution is 7.92. The second kappa shape index (κ2) is 5.01. The van der Waals surface area contributed by atoms with Gasteiger partial charge in [-0.3, -0.25) is 4.79 Å². The van der Waals surface area contributed by atoms with Crippen molar-refractivity contribution in [2.45, 2.75) is 13.8 Å². The van der Waals surface area contributed by atoms with Crippen molar-refractivity contribution in [3.63, 3.8) is 0 Å². The van der Waals surface area contributed by atoms with E-state index in [0.717, 1.165) is 21.9 Å². The van der Waals surface area contributed by atoms with E-state index in [-0.39, 0.29) is 5.91 Å². The number of anilines is 1. The molecule has 1 aromatic rings. The Hall–Kier alpha value is -1.15. The Morgan fingerprint density at radius 3 is 2.59 bits per heavy atom. The fourth-order valence-corrected chi connectivity index (χ4v) is 2.80. The number of aromatic nitrogens is 1. The first-order valence-corrected chi connectivity index (χ1v) is 7.63. The summed E-state index contributed by atoms with van der Waals surface area (Å²) in [5, 5.41) is 2.95. The van der Waals surface area contributed by atoms with Gasteiger partial charge in [-0.1, -0.05) is 11.3 Å². The van der Waals surface area contributed by atoms with Crippen LogP contribution < -0.4 is 9.62 Å². The van der Waals surface area contributed by atoms with Gasteiger partial charge in [0.1, 0.15) is 4.88 Å². The maximum absolute atomic E-state index is 11.6. The van der Waals surface area contributed by atoms with Crippen LogP contribution in [0.5, 0.6) is 0 Å². The molecule has 0 aliphatic rings. The lowest BCUT2D eigenvalue weighted by atomic mass is 10.4. The van der Waals surface area contributed by atoms with Gasteiger partial charge in [0.25, 0.3) is 5.91 Å². The summed E-state index contributed by atoms with van der Waals surface area (Å²) in [4.78, 5) is 16.2. The van der Waals surface area contributed by atoms with Crippen LogP contribution in [0.2, 0.25) is 0 Å². The third-order valence-electron chi connectivity index (χ3n) is 2.10.